The second-order valence-corrected chi connectivity index (χ2v) is 2.49. The van der Waals surface area contributed by atoms with Crippen LogP contribution in [0, 0.1) is 0 Å². The van der Waals surface area contributed by atoms with Crippen molar-refractivity contribution < 1.29 is 5.21 Å². The molecular weight excluding hydrogens is 146 g/mol. The summed E-state index contributed by atoms with van der Waals surface area (Å²) in [7, 11) is 1.57. The Morgan fingerprint density at radius 1 is 1.30 bits per heavy atom. The van der Waals surface area contributed by atoms with E-state index in [1.807, 2.05) is 0 Å². The highest BCUT2D eigenvalue weighted by Gasteiger charge is 1.90. The second kappa shape index (κ2) is 2.86. The van der Waals surface area contributed by atoms with Crippen molar-refractivity contribution in [1.29, 1.82) is 0 Å². The molecule has 0 aromatic heterocycles. The Labute approximate surface area is 65.5 Å². The van der Waals surface area contributed by atoms with E-state index in [-0.39, 0.29) is 0 Å². The van der Waals surface area contributed by atoms with Crippen LogP contribution >= 0.6 is 0 Å². The van der Waals surface area contributed by atoms with Gasteiger partial charge in [0, 0.05) is 7.05 Å². The third kappa shape index (κ3) is 1.59. The first-order chi connectivity index (χ1) is 4.70. The fourth-order valence-corrected chi connectivity index (χ4v) is 0.798. The Morgan fingerprint density at radius 2 is 1.80 bits per heavy atom. The summed E-state index contributed by atoms with van der Waals surface area (Å²) in [6.07, 6.45) is 0. The normalized spacial score (nSPS) is 9.40. The van der Waals surface area contributed by atoms with Crippen LogP contribution in [0.3, 0.4) is 0 Å². The van der Waals surface area contributed by atoms with Crippen molar-refractivity contribution in [2.24, 2.45) is 0 Å². The van der Waals surface area contributed by atoms with Crippen LogP contribution in [0.15, 0.2) is 29.2 Å². The van der Waals surface area contributed by atoms with E-state index in [4.69, 9.17) is 17.8 Å². The number of hydrogen-bond donors (Lipinski definition) is 1. The van der Waals surface area contributed by atoms with E-state index in [9.17, 15) is 0 Å². The molecule has 0 heterocycles. The number of rotatable bonds is 1. The minimum Gasteiger partial charge on any atom is -0.780 e. The molecule has 1 rings (SSSR count). The van der Waals surface area contributed by atoms with Gasteiger partial charge < -0.3 is 12.6 Å². The van der Waals surface area contributed by atoms with E-state index < -0.39 is 0 Å². The minimum absolute atomic E-state index is 0.744. The molecule has 1 aromatic carbocycles. The number of hydroxylamine groups is 1. The first kappa shape index (κ1) is 7.31. The summed E-state index contributed by atoms with van der Waals surface area (Å²) in [4.78, 5) is 0.783. The predicted octanol–water partition coefficient (Wildman–Crippen LogP) is 1.42. The van der Waals surface area contributed by atoms with Crippen LogP contribution in [0.2, 0.25) is 0 Å². The maximum absolute atomic E-state index is 8.91. The Morgan fingerprint density at radius 3 is 2.20 bits per heavy atom. The van der Waals surface area contributed by atoms with Gasteiger partial charge in [0.05, 0.1) is 5.69 Å². The summed E-state index contributed by atoms with van der Waals surface area (Å²) in [5.74, 6) is 0. The average molecular weight is 154 g/mol. The third-order valence-electron chi connectivity index (χ3n) is 1.21. The molecule has 0 radical (unpaired) electrons. The zero-order valence-corrected chi connectivity index (χ0v) is 6.43. The van der Waals surface area contributed by atoms with Gasteiger partial charge in [0.15, 0.2) is 0 Å². The molecule has 0 atom stereocenters. The quantitative estimate of drug-likeness (QED) is 0.489. The van der Waals surface area contributed by atoms with Gasteiger partial charge in [-0.15, -0.1) is 0 Å². The van der Waals surface area contributed by atoms with Crippen LogP contribution in [-0.4, -0.2) is 12.3 Å². The van der Waals surface area contributed by atoms with Gasteiger partial charge in [0.2, 0.25) is 0 Å². The average Bonchev–Trinajstić information content (AvgIpc) is 1.88. The standard InChI is InChI=1S/C7H9NOS/c1-8(9)6-2-4-7(10)5-3-6/h2-5,9-10H,1H3/p-1. The number of nitrogens with zero attached hydrogens (tertiary/aromatic N) is 1. The van der Waals surface area contributed by atoms with Crippen LogP contribution < -0.4 is 5.06 Å². The molecule has 0 aliphatic rings. The Kier molecular flexibility index (Phi) is 2.09. The molecule has 54 valence electrons. The topological polar surface area (TPSA) is 23.5 Å². The van der Waals surface area contributed by atoms with Gasteiger partial charge in [0.25, 0.3) is 0 Å². The molecule has 1 aromatic rings. The number of benzene rings is 1. The van der Waals surface area contributed by atoms with E-state index in [2.05, 4.69) is 0 Å². The van der Waals surface area contributed by atoms with E-state index >= 15 is 0 Å². The summed E-state index contributed by atoms with van der Waals surface area (Å²) in [5, 5.41) is 9.96. The molecule has 0 spiro atoms. The van der Waals surface area contributed by atoms with E-state index in [1.54, 1.807) is 31.3 Å². The lowest BCUT2D eigenvalue weighted by Gasteiger charge is -2.11. The Balaban J connectivity index is 2.89. The van der Waals surface area contributed by atoms with Gasteiger partial charge in [-0.2, -0.15) is 4.90 Å². The molecule has 0 aliphatic heterocycles. The summed E-state index contributed by atoms with van der Waals surface area (Å²) < 4.78 is 0. The second-order valence-electron chi connectivity index (χ2n) is 2.02. The van der Waals surface area contributed by atoms with Crippen molar-refractivity contribution in [2.45, 2.75) is 4.90 Å². The first-order valence-electron chi connectivity index (χ1n) is 2.90. The minimum atomic E-state index is 0.744. The predicted molar refractivity (Wildman–Crippen MR) is 42.3 cm³/mol. The fourth-order valence-electron chi connectivity index (χ4n) is 0.662. The van der Waals surface area contributed by atoms with Gasteiger partial charge in [0.1, 0.15) is 0 Å². The van der Waals surface area contributed by atoms with Gasteiger partial charge in [-0.25, -0.2) is 0 Å². The van der Waals surface area contributed by atoms with Crippen molar-refractivity contribution in [1.82, 2.24) is 0 Å². The summed E-state index contributed by atoms with van der Waals surface area (Å²) in [5.41, 5.74) is 0.744. The number of hydrogen-bond acceptors (Lipinski definition) is 3. The summed E-state index contributed by atoms with van der Waals surface area (Å²) in [6, 6.07) is 7.08. The summed E-state index contributed by atoms with van der Waals surface area (Å²) in [6.45, 7) is 0. The Hall–Kier alpha value is -0.800. The molecule has 0 amide bonds. The summed E-state index contributed by atoms with van der Waals surface area (Å²) >= 11 is 4.86. The molecule has 3 heteroatoms. The van der Waals surface area contributed by atoms with Gasteiger partial charge in [-0.05, 0) is 12.1 Å². The van der Waals surface area contributed by atoms with Gasteiger partial charge in [-0.3, -0.25) is 10.3 Å². The first-order valence-corrected chi connectivity index (χ1v) is 3.30. The van der Waals surface area contributed by atoms with Crippen LogP contribution in [0.25, 0.3) is 0 Å². The van der Waals surface area contributed by atoms with Crippen molar-refractivity contribution >= 4 is 18.3 Å². The van der Waals surface area contributed by atoms with Gasteiger partial charge in [-0.1, -0.05) is 12.1 Å². The number of anilines is 1. The third-order valence-corrected chi connectivity index (χ3v) is 1.48. The SMILES string of the molecule is CN(O)c1ccc([S-])cc1. The largest absolute Gasteiger partial charge is 0.780 e. The van der Waals surface area contributed by atoms with Crippen LogP contribution in [-0.2, 0) is 12.6 Å². The zero-order valence-electron chi connectivity index (χ0n) is 5.61. The molecule has 0 aliphatic carbocycles. The maximum atomic E-state index is 8.91. The van der Waals surface area contributed by atoms with Crippen molar-refractivity contribution in [3.05, 3.63) is 24.3 Å². The lowest BCUT2D eigenvalue weighted by atomic mass is 10.3. The van der Waals surface area contributed by atoms with Crippen LogP contribution in [0.4, 0.5) is 5.69 Å². The molecular formula is C7H8NOS-. The smallest absolute Gasteiger partial charge is 0.0629 e. The molecule has 10 heavy (non-hydrogen) atoms. The molecule has 0 saturated heterocycles. The van der Waals surface area contributed by atoms with E-state index in [0.717, 1.165) is 15.6 Å². The van der Waals surface area contributed by atoms with Crippen LogP contribution in [0.1, 0.15) is 0 Å². The fraction of sp³-hybridized carbons (Fsp3) is 0.143. The van der Waals surface area contributed by atoms with Gasteiger partial charge >= 0.3 is 0 Å². The molecule has 0 fully saturated rings. The van der Waals surface area contributed by atoms with Crippen molar-refractivity contribution in [3.63, 3.8) is 0 Å². The molecule has 2 nitrogen and oxygen atoms in total. The highest BCUT2D eigenvalue weighted by atomic mass is 32.1. The molecule has 0 bridgehead atoms. The highest BCUT2D eigenvalue weighted by Crippen LogP contribution is 2.10. The maximum Gasteiger partial charge on any atom is 0.0629 e. The highest BCUT2D eigenvalue weighted by molar-refractivity contribution is 7.58. The lowest BCUT2D eigenvalue weighted by Crippen LogP contribution is -2.09. The van der Waals surface area contributed by atoms with E-state index in [0.29, 0.717) is 0 Å². The monoisotopic (exact) mass is 154 g/mol. The Bertz CT molecular complexity index is 207. The van der Waals surface area contributed by atoms with Crippen molar-refractivity contribution in [2.75, 3.05) is 12.1 Å². The van der Waals surface area contributed by atoms with Crippen molar-refractivity contribution in [3.8, 4) is 0 Å². The van der Waals surface area contributed by atoms with E-state index in [1.165, 1.54) is 0 Å². The molecule has 1 N–H and O–H groups in total. The lowest BCUT2D eigenvalue weighted by molar-refractivity contribution is 0.279. The zero-order chi connectivity index (χ0) is 7.56. The van der Waals surface area contributed by atoms with Crippen LogP contribution in [0.5, 0.6) is 0 Å². The molecule has 0 unspecified atom stereocenters. The molecule has 0 saturated carbocycles.